The standard InChI is InChI=1S/C24H21ClN6O3/c25-17-9-7-15(8-10-17)24(34)30-11-3-4-16(13-30)22(32)29-19-5-1-2-6-20(19)31-21-18(12-28-31)23(33)27-14-26-21/h1-2,5-10,12,14,16H,3-4,11,13H2,(H,29,32)(H,26,27,33). The second-order valence-corrected chi connectivity index (χ2v) is 8.57. The number of rotatable bonds is 4. The van der Waals surface area contributed by atoms with E-state index < -0.39 is 0 Å². The molecule has 1 atom stereocenters. The van der Waals surface area contributed by atoms with Gasteiger partial charge in [-0.25, -0.2) is 9.67 Å². The van der Waals surface area contributed by atoms with Crippen LogP contribution in [-0.4, -0.2) is 49.6 Å². The number of aromatic amines is 1. The van der Waals surface area contributed by atoms with Crippen molar-refractivity contribution in [3.8, 4) is 5.69 Å². The first kappa shape index (κ1) is 21.8. The van der Waals surface area contributed by atoms with Crippen LogP contribution in [0.15, 0.2) is 65.8 Å². The van der Waals surface area contributed by atoms with Crippen molar-refractivity contribution in [1.82, 2.24) is 24.6 Å². The number of anilines is 1. The second kappa shape index (κ2) is 9.11. The lowest BCUT2D eigenvalue weighted by molar-refractivity contribution is -0.121. The number of nitrogens with one attached hydrogen (secondary N) is 2. The predicted octanol–water partition coefficient (Wildman–Crippen LogP) is 3.25. The quantitative estimate of drug-likeness (QED) is 0.469. The molecule has 0 aliphatic carbocycles. The van der Waals surface area contributed by atoms with E-state index in [1.54, 1.807) is 41.3 Å². The highest BCUT2D eigenvalue weighted by Crippen LogP contribution is 2.25. The maximum Gasteiger partial charge on any atom is 0.261 e. The number of amides is 2. The summed E-state index contributed by atoms with van der Waals surface area (Å²) < 4.78 is 1.53. The van der Waals surface area contributed by atoms with Crippen LogP contribution in [0.1, 0.15) is 23.2 Å². The van der Waals surface area contributed by atoms with Gasteiger partial charge in [-0.3, -0.25) is 14.4 Å². The molecule has 1 saturated heterocycles. The van der Waals surface area contributed by atoms with Crippen LogP contribution in [0.4, 0.5) is 5.69 Å². The third kappa shape index (κ3) is 4.17. The van der Waals surface area contributed by atoms with Gasteiger partial charge in [0.15, 0.2) is 5.65 Å². The summed E-state index contributed by atoms with van der Waals surface area (Å²) in [6, 6.07) is 13.9. The molecule has 172 valence electrons. The summed E-state index contributed by atoms with van der Waals surface area (Å²) in [7, 11) is 0. The fourth-order valence-corrected chi connectivity index (χ4v) is 4.31. The van der Waals surface area contributed by atoms with Crippen molar-refractivity contribution in [1.29, 1.82) is 0 Å². The van der Waals surface area contributed by atoms with E-state index in [9.17, 15) is 14.4 Å². The second-order valence-electron chi connectivity index (χ2n) is 8.13. The van der Waals surface area contributed by atoms with Crippen molar-refractivity contribution in [2.24, 2.45) is 5.92 Å². The van der Waals surface area contributed by atoms with E-state index in [1.165, 1.54) is 17.2 Å². The Labute approximate surface area is 199 Å². The predicted molar refractivity (Wildman–Crippen MR) is 128 cm³/mol. The SMILES string of the molecule is O=C(Nc1ccccc1-n1ncc2c(=O)[nH]cnc21)C1CCCN(C(=O)c2ccc(Cl)cc2)C1. The summed E-state index contributed by atoms with van der Waals surface area (Å²) in [5, 5.41) is 8.21. The molecule has 3 heterocycles. The zero-order valence-electron chi connectivity index (χ0n) is 18.1. The molecule has 10 heteroatoms. The van der Waals surface area contributed by atoms with Gasteiger partial charge in [-0.1, -0.05) is 23.7 Å². The van der Waals surface area contributed by atoms with Crippen LogP contribution in [0.5, 0.6) is 0 Å². The number of aromatic nitrogens is 4. The smallest absolute Gasteiger partial charge is 0.261 e. The van der Waals surface area contributed by atoms with Crippen LogP contribution in [0, 0.1) is 5.92 Å². The fraction of sp³-hybridized carbons (Fsp3) is 0.208. The molecule has 5 rings (SSSR count). The minimum absolute atomic E-state index is 0.117. The Morgan fingerprint density at radius 3 is 2.74 bits per heavy atom. The van der Waals surface area contributed by atoms with Crippen LogP contribution in [-0.2, 0) is 4.79 Å². The maximum absolute atomic E-state index is 13.2. The molecule has 2 amide bonds. The van der Waals surface area contributed by atoms with Crippen molar-refractivity contribution < 1.29 is 9.59 Å². The number of H-pyrrole nitrogens is 1. The minimum Gasteiger partial charge on any atom is -0.338 e. The van der Waals surface area contributed by atoms with E-state index in [2.05, 4.69) is 20.4 Å². The number of fused-ring (bicyclic) bond motifs is 1. The van der Waals surface area contributed by atoms with Gasteiger partial charge in [0.05, 0.1) is 29.8 Å². The van der Waals surface area contributed by atoms with E-state index in [0.29, 0.717) is 52.5 Å². The Bertz CT molecular complexity index is 1430. The first-order valence-corrected chi connectivity index (χ1v) is 11.3. The Hall–Kier alpha value is -3.98. The van der Waals surface area contributed by atoms with Gasteiger partial charge in [0.25, 0.3) is 11.5 Å². The van der Waals surface area contributed by atoms with Gasteiger partial charge >= 0.3 is 0 Å². The van der Waals surface area contributed by atoms with Crippen LogP contribution in [0.2, 0.25) is 5.02 Å². The monoisotopic (exact) mass is 476 g/mol. The average molecular weight is 477 g/mol. The van der Waals surface area contributed by atoms with Crippen molar-refractivity contribution in [2.45, 2.75) is 12.8 Å². The number of hydrogen-bond donors (Lipinski definition) is 2. The lowest BCUT2D eigenvalue weighted by Crippen LogP contribution is -2.43. The Kier molecular flexibility index (Phi) is 5.85. The normalized spacial score (nSPS) is 15.9. The summed E-state index contributed by atoms with van der Waals surface area (Å²) >= 11 is 5.93. The third-order valence-electron chi connectivity index (χ3n) is 5.93. The molecule has 0 radical (unpaired) electrons. The zero-order valence-corrected chi connectivity index (χ0v) is 18.8. The molecule has 1 aliphatic heterocycles. The highest BCUT2D eigenvalue weighted by molar-refractivity contribution is 6.30. The molecule has 0 bridgehead atoms. The number of piperidine rings is 1. The molecular weight excluding hydrogens is 456 g/mol. The van der Waals surface area contributed by atoms with Gasteiger partial charge in [0, 0.05) is 23.7 Å². The average Bonchev–Trinajstić information content (AvgIpc) is 3.30. The van der Waals surface area contributed by atoms with Crippen molar-refractivity contribution in [3.05, 3.63) is 82.0 Å². The minimum atomic E-state index is -0.353. The maximum atomic E-state index is 13.2. The zero-order chi connectivity index (χ0) is 23.7. The topological polar surface area (TPSA) is 113 Å². The summed E-state index contributed by atoms with van der Waals surface area (Å²) in [4.78, 5) is 46.6. The third-order valence-corrected chi connectivity index (χ3v) is 6.18. The highest BCUT2D eigenvalue weighted by Gasteiger charge is 2.29. The summed E-state index contributed by atoms with van der Waals surface area (Å²) in [5.41, 5.74) is 1.78. The number of nitrogens with zero attached hydrogens (tertiary/aromatic N) is 4. The van der Waals surface area contributed by atoms with Gasteiger partial charge in [0.2, 0.25) is 5.91 Å². The van der Waals surface area contributed by atoms with E-state index in [-0.39, 0.29) is 23.3 Å². The van der Waals surface area contributed by atoms with Gasteiger partial charge in [0.1, 0.15) is 5.39 Å². The number of carbonyl (C=O) groups excluding carboxylic acids is 2. The number of halogens is 1. The summed E-state index contributed by atoms with van der Waals surface area (Å²) in [6.07, 6.45) is 4.18. The fourth-order valence-electron chi connectivity index (χ4n) is 4.18. The summed E-state index contributed by atoms with van der Waals surface area (Å²) in [6.45, 7) is 0.929. The van der Waals surface area contributed by atoms with Crippen LogP contribution < -0.4 is 10.9 Å². The molecule has 2 N–H and O–H groups in total. The number of para-hydroxylation sites is 2. The van der Waals surface area contributed by atoms with Gasteiger partial charge in [-0.2, -0.15) is 5.10 Å². The Balaban J connectivity index is 1.36. The lowest BCUT2D eigenvalue weighted by atomic mass is 9.96. The van der Waals surface area contributed by atoms with Crippen LogP contribution >= 0.6 is 11.6 Å². The molecule has 2 aromatic heterocycles. The summed E-state index contributed by atoms with van der Waals surface area (Å²) in [5.74, 6) is -0.648. The van der Waals surface area contributed by atoms with E-state index in [0.717, 1.165) is 6.42 Å². The molecule has 0 saturated carbocycles. The van der Waals surface area contributed by atoms with E-state index in [4.69, 9.17) is 11.6 Å². The van der Waals surface area contributed by atoms with Crippen molar-refractivity contribution in [3.63, 3.8) is 0 Å². The number of benzene rings is 2. The number of hydrogen-bond acceptors (Lipinski definition) is 5. The Morgan fingerprint density at radius 2 is 1.91 bits per heavy atom. The molecule has 9 nitrogen and oxygen atoms in total. The van der Waals surface area contributed by atoms with Gasteiger partial charge < -0.3 is 15.2 Å². The molecule has 34 heavy (non-hydrogen) atoms. The molecule has 1 aliphatic rings. The molecule has 0 spiro atoms. The first-order chi connectivity index (χ1) is 16.5. The van der Waals surface area contributed by atoms with Gasteiger partial charge in [-0.05, 0) is 49.2 Å². The molecule has 1 unspecified atom stereocenters. The highest BCUT2D eigenvalue weighted by atomic mass is 35.5. The lowest BCUT2D eigenvalue weighted by Gasteiger charge is -2.32. The van der Waals surface area contributed by atoms with Crippen LogP contribution in [0.3, 0.4) is 0 Å². The largest absolute Gasteiger partial charge is 0.338 e. The first-order valence-electron chi connectivity index (χ1n) is 10.9. The van der Waals surface area contributed by atoms with Gasteiger partial charge in [-0.15, -0.1) is 0 Å². The number of likely N-dealkylation sites (tertiary alicyclic amines) is 1. The van der Waals surface area contributed by atoms with Crippen molar-refractivity contribution in [2.75, 3.05) is 18.4 Å². The van der Waals surface area contributed by atoms with E-state index in [1.807, 2.05) is 12.1 Å². The van der Waals surface area contributed by atoms with Crippen molar-refractivity contribution >= 4 is 40.1 Å². The molecule has 4 aromatic rings. The molecule has 2 aromatic carbocycles. The molecular formula is C24H21ClN6O3. The van der Waals surface area contributed by atoms with Crippen LogP contribution in [0.25, 0.3) is 16.7 Å². The van der Waals surface area contributed by atoms with E-state index >= 15 is 0 Å². The molecule has 1 fully saturated rings. The Morgan fingerprint density at radius 1 is 1.12 bits per heavy atom. The number of carbonyl (C=O) groups is 2.